The topological polar surface area (TPSA) is 15.3 Å². The number of hydrogen-bond acceptors (Lipinski definition) is 2. The van der Waals surface area contributed by atoms with Crippen molar-refractivity contribution in [2.75, 3.05) is 24.5 Å². The zero-order valence-corrected chi connectivity index (χ0v) is 11.2. The predicted molar refractivity (Wildman–Crippen MR) is 74.7 cm³/mol. The van der Waals surface area contributed by atoms with Crippen molar-refractivity contribution < 1.29 is 0 Å². The molecule has 1 aromatic carbocycles. The Morgan fingerprint density at radius 3 is 2.88 bits per heavy atom. The van der Waals surface area contributed by atoms with Crippen molar-refractivity contribution in [3.8, 4) is 0 Å². The van der Waals surface area contributed by atoms with Crippen molar-refractivity contribution in [1.29, 1.82) is 0 Å². The number of para-hydroxylation sites is 1. The lowest BCUT2D eigenvalue weighted by Crippen LogP contribution is -2.40. The maximum Gasteiger partial charge on any atom is 0.0399 e. The summed E-state index contributed by atoms with van der Waals surface area (Å²) in [5, 5.41) is 3.50. The fourth-order valence-corrected chi connectivity index (χ4v) is 2.61. The summed E-state index contributed by atoms with van der Waals surface area (Å²) in [6.45, 7) is 10.1. The van der Waals surface area contributed by atoms with Crippen LogP contribution >= 0.6 is 0 Å². The Hall–Kier alpha value is -1.02. The lowest BCUT2D eigenvalue weighted by atomic mass is 9.94. The molecule has 94 valence electrons. The number of rotatable bonds is 4. The van der Waals surface area contributed by atoms with Gasteiger partial charge in [0.25, 0.3) is 0 Å². The molecule has 1 aliphatic rings. The fourth-order valence-electron chi connectivity index (χ4n) is 2.61. The van der Waals surface area contributed by atoms with Gasteiger partial charge in [0.05, 0.1) is 0 Å². The average Bonchev–Trinajstić information content (AvgIpc) is 2.28. The highest BCUT2D eigenvalue weighted by atomic mass is 15.2. The van der Waals surface area contributed by atoms with E-state index in [1.54, 1.807) is 0 Å². The van der Waals surface area contributed by atoms with Crippen LogP contribution in [0.1, 0.15) is 26.3 Å². The van der Waals surface area contributed by atoms with Gasteiger partial charge in [0.2, 0.25) is 0 Å². The van der Waals surface area contributed by atoms with Gasteiger partial charge >= 0.3 is 0 Å². The summed E-state index contributed by atoms with van der Waals surface area (Å²) in [7, 11) is 0. The minimum Gasteiger partial charge on any atom is -0.370 e. The number of fused-ring (bicyclic) bond motifs is 1. The SMILES string of the molecule is CC1Cc2ccccc2N(CCNC(C)C)C1. The van der Waals surface area contributed by atoms with Crippen LogP contribution in [0.5, 0.6) is 0 Å². The second kappa shape index (κ2) is 5.54. The summed E-state index contributed by atoms with van der Waals surface area (Å²) < 4.78 is 0. The first-order valence-corrected chi connectivity index (χ1v) is 6.73. The van der Waals surface area contributed by atoms with Gasteiger partial charge < -0.3 is 10.2 Å². The van der Waals surface area contributed by atoms with Gasteiger partial charge in [-0.2, -0.15) is 0 Å². The summed E-state index contributed by atoms with van der Waals surface area (Å²) in [6.07, 6.45) is 1.23. The molecule has 0 saturated carbocycles. The van der Waals surface area contributed by atoms with E-state index >= 15 is 0 Å². The van der Waals surface area contributed by atoms with Crippen LogP contribution in [0.3, 0.4) is 0 Å². The van der Waals surface area contributed by atoms with Gasteiger partial charge in [-0.25, -0.2) is 0 Å². The van der Waals surface area contributed by atoms with E-state index < -0.39 is 0 Å². The van der Waals surface area contributed by atoms with Crippen molar-refractivity contribution in [2.45, 2.75) is 33.2 Å². The van der Waals surface area contributed by atoms with Gasteiger partial charge in [-0.15, -0.1) is 0 Å². The maximum absolute atomic E-state index is 3.50. The third-order valence-corrected chi connectivity index (χ3v) is 3.37. The highest BCUT2D eigenvalue weighted by molar-refractivity contribution is 5.55. The Bertz CT molecular complexity index is 360. The molecule has 1 aromatic rings. The Labute approximate surface area is 105 Å². The van der Waals surface area contributed by atoms with E-state index in [9.17, 15) is 0 Å². The smallest absolute Gasteiger partial charge is 0.0399 e. The van der Waals surface area contributed by atoms with Crippen LogP contribution in [-0.2, 0) is 6.42 Å². The summed E-state index contributed by atoms with van der Waals surface area (Å²) in [4.78, 5) is 2.53. The van der Waals surface area contributed by atoms with E-state index in [2.05, 4.69) is 55.3 Å². The van der Waals surface area contributed by atoms with E-state index in [-0.39, 0.29) is 0 Å². The van der Waals surface area contributed by atoms with Crippen molar-refractivity contribution in [1.82, 2.24) is 5.32 Å². The number of benzene rings is 1. The molecule has 0 saturated heterocycles. The lowest BCUT2D eigenvalue weighted by molar-refractivity contribution is 0.512. The van der Waals surface area contributed by atoms with Crippen molar-refractivity contribution in [3.63, 3.8) is 0 Å². The molecule has 1 N–H and O–H groups in total. The van der Waals surface area contributed by atoms with Crippen molar-refractivity contribution in [3.05, 3.63) is 29.8 Å². The number of hydrogen-bond donors (Lipinski definition) is 1. The summed E-state index contributed by atoms with van der Waals surface area (Å²) >= 11 is 0. The molecule has 1 atom stereocenters. The first-order valence-electron chi connectivity index (χ1n) is 6.73. The van der Waals surface area contributed by atoms with Gasteiger partial charge in [-0.05, 0) is 24.0 Å². The van der Waals surface area contributed by atoms with E-state index in [1.807, 2.05) is 0 Å². The van der Waals surface area contributed by atoms with Crippen LogP contribution in [0.4, 0.5) is 5.69 Å². The third kappa shape index (κ3) is 3.22. The Morgan fingerprint density at radius 1 is 1.35 bits per heavy atom. The highest BCUT2D eigenvalue weighted by Gasteiger charge is 2.20. The molecule has 17 heavy (non-hydrogen) atoms. The largest absolute Gasteiger partial charge is 0.370 e. The summed E-state index contributed by atoms with van der Waals surface area (Å²) in [5.74, 6) is 0.768. The number of anilines is 1. The zero-order valence-electron chi connectivity index (χ0n) is 11.2. The van der Waals surface area contributed by atoms with E-state index in [0.717, 1.165) is 19.0 Å². The molecule has 0 aromatic heterocycles. The Balaban J connectivity index is 2.02. The molecule has 1 heterocycles. The van der Waals surface area contributed by atoms with Crippen LogP contribution in [-0.4, -0.2) is 25.7 Å². The molecular formula is C15H24N2. The first kappa shape index (κ1) is 12.4. The normalized spacial score (nSPS) is 19.5. The standard InChI is InChI=1S/C15H24N2/c1-12(2)16-8-9-17-11-13(3)10-14-6-4-5-7-15(14)17/h4-7,12-13,16H,8-11H2,1-3H3. The molecular weight excluding hydrogens is 208 g/mol. The van der Waals surface area contributed by atoms with Crippen molar-refractivity contribution >= 4 is 5.69 Å². The predicted octanol–water partition coefficient (Wildman–Crippen LogP) is 2.68. The molecule has 0 spiro atoms. The highest BCUT2D eigenvalue weighted by Crippen LogP contribution is 2.28. The number of nitrogens with zero attached hydrogens (tertiary/aromatic N) is 1. The molecule has 1 unspecified atom stereocenters. The molecule has 0 bridgehead atoms. The average molecular weight is 232 g/mol. The van der Waals surface area contributed by atoms with Crippen LogP contribution in [0, 0.1) is 5.92 Å². The molecule has 2 nitrogen and oxygen atoms in total. The molecule has 0 amide bonds. The van der Waals surface area contributed by atoms with Gasteiger partial charge in [-0.3, -0.25) is 0 Å². The monoisotopic (exact) mass is 232 g/mol. The third-order valence-electron chi connectivity index (χ3n) is 3.37. The number of nitrogens with one attached hydrogen (secondary N) is 1. The minimum atomic E-state index is 0.576. The van der Waals surface area contributed by atoms with Gasteiger partial charge in [0.1, 0.15) is 0 Å². The molecule has 0 radical (unpaired) electrons. The molecule has 1 aliphatic heterocycles. The molecule has 0 fully saturated rings. The lowest BCUT2D eigenvalue weighted by Gasteiger charge is -2.35. The molecule has 2 heteroatoms. The van der Waals surface area contributed by atoms with Gasteiger partial charge in [-0.1, -0.05) is 39.0 Å². The maximum atomic E-state index is 3.50. The first-order chi connectivity index (χ1) is 8.16. The van der Waals surface area contributed by atoms with Crippen LogP contribution in [0.2, 0.25) is 0 Å². The molecule has 2 rings (SSSR count). The second-order valence-electron chi connectivity index (χ2n) is 5.49. The van der Waals surface area contributed by atoms with Crippen LogP contribution < -0.4 is 10.2 Å². The zero-order chi connectivity index (χ0) is 12.3. The van der Waals surface area contributed by atoms with Gasteiger partial charge in [0, 0.05) is 31.4 Å². The summed E-state index contributed by atoms with van der Waals surface area (Å²) in [5.41, 5.74) is 2.95. The van der Waals surface area contributed by atoms with Crippen molar-refractivity contribution in [2.24, 2.45) is 5.92 Å². The second-order valence-corrected chi connectivity index (χ2v) is 5.49. The quantitative estimate of drug-likeness (QED) is 0.858. The van der Waals surface area contributed by atoms with E-state index in [0.29, 0.717) is 6.04 Å². The van der Waals surface area contributed by atoms with Crippen LogP contribution in [0.15, 0.2) is 24.3 Å². The van der Waals surface area contributed by atoms with E-state index in [1.165, 1.54) is 24.2 Å². The van der Waals surface area contributed by atoms with E-state index in [4.69, 9.17) is 0 Å². The van der Waals surface area contributed by atoms with Gasteiger partial charge in [0.15, 0.2) is 0 Å². The summed E-state index contributed by atoms with van der Waals surface area (Å²) in [6, 6.07) is 9.41. The Morgan fingerprint density at radius 2 is 2.12 bits per heavy atom. The fraction of sp³-hybridized carbons (Fsp3) is 0.600. The Kier molecular flexibility index (Phi) is 4.06. The minimum absolute atomic E-state index is 0.576. The van der Waals surface area contributed by atoms with Crippen LogP contribution in [0.25, 0.3) is 0 Å². The molecule has 0 aliphatic carbocycles.